The van der Waals surface area contributed by atoms with E-state index < -0.39 is 0 Å². The van der Waals surface area contributed by atoms with Crippen molar-refractivity contribution in [3.63, 3.8) is 0 Å². The SMILES string of the molecule is CN(C)CCN1CCN(C2CCN(I)CC2)CC1. The molecule has 2 aliphatic heterocycles. The molecule has 2 heterocycles. The Labute approximate surface area is 126 Å². The highest BCUT2D eigenvalue weighted by Crippen LogP contribution is 2.20. The van der Waals surface area contributed by atoms with Gasteiger partial charge in [0.25, 0.3) is 0 Å². The maximum atomic E-state index is 2.73. The molecular weight excluding hydrogens is 339 g/mol. The Morgan fingerprint density at radius 2 is 1.61 bits per heavy atom. The molecule has 0 aromatic carbocycles. The molecule has 5 heteroatoms. The third-order valence-electron chi connectivity index (χ3n) is 4.20. The molecule has 18 heavy (non-hydrogen) atoms. The summed E-state index contributed by atoms with van der Waals surface area (Å²) in [5.41, 5.74) is 0. The lowest BCUT2D eigenvalue weighted by Crippen LogP contribution is -2.53. The normalized spacial score (nSPS) is 26.0. The second-order valence-corrected chi connectivity index (χ2v) is 7.19. The molecule has 2 rings (SSSR count). The van der Waals surface area contributed by atoms with Gasteiger partial charge in [0.15, 0.2) is 0 Å². The van der Waals surface area contributed by atoms with Gasteiger partial charge in [-0.3, -0.25) is 9.80 Å². The number of hydrogen-bond acceptors (Lipinski definition) is 4. The van der Waals surface area contributed by atoms with Gasteiger partial charge in [0.05, 0.1) is 0 Å². The van der Waals surface area contributed by atoms with Crippen LogP contribution in [0, 0.1) is 0 Å². The van der Waals surface area contributed by atoms with E-state index in [1.54, 1.807) is 0 Å². The van der Waals surface area contributed by atoms with Gasteiger partial charge in [-0.05, 0) is 26.9 Å². The first-order valence-corrected chi connectivity index (χ1v) is 8.13. The van der Waals surface area contributed by atoms with Gasteiger partial charge in [-0.15, -0.1) is 0 Å². The summed E-state index contributed by atoms with van der Waals surface area (Å²) in [7, 11) is 4.32. The van der Waals surface area contributed by atoms with Crippen molar-refractivity contribution >= 4 is 22.9 Å². The van der Waals surface area contributed by atoms with Crippen molar-refractivity contribution in [3.8, 4) is 0 Å². The predicted molar refractivity (Wildman–Crippen MR) is 85.2 cm³/mol. The molecule has 0 N–H and O–H groups in total. The second kappa shape index (κ2) is 7.38. The third-order valence-corrected chi connectivity index (χ3v) is 5.16. The number of piperidine rings is 1. The molecule has 0 bridgehead atoms. The van der Waals surface area contributed by atoms with E-state index in [4.69, 9.17) is 0 Å². The molecular formula is C13H27IN4. The minimum atomic E-state index is 0.854. The number of rotatable bonds is 4. The first-order valence-electron chi connectivity index (χ1n) is 7.17. The van der Waals surface area contributed by atoms with E-state index in [-0.39, 0.29) is 0 Å². The lowest BCUT2D eigenvalue weighted by atomic mass is 10.0. The van der Waals surface area contributed by atoms with Crippen molar-refractivity contribution < 1.29 is 0 Å². The van der Waals surface area contributed by atoms with Crippen molar-refractivity contribution in [2.45, 2.75) is 18.9 Å². The standard InChI is InChI=1S/C13H27IN4/c1-15(2)7-8-16-9-11-17(12-10-16)13-3-5-18(14)6-4-13/h13H,3-12H2,1-2H3. The van der Waals surface area contributed by atoms with Gasteiger partial charge in [0.2, 0.25) is 0 Å². The Hall–Kier alpha value is 0.570. The highest BCUT2D eigenvalue weighted by molar-refractivity contribution is 14.1. The summed E-state index contributed by atoms with van der Waals surface area (Å²) in [6.45, 7) is 10.0. The van der Waals surface area contributed by atoms with Crippen molar-refractivity contribution in [2.24, 2.45) is 0 Å². The van der Waals surface area contributed by atoms with Gasteiger partial charge in [0, 0.05) is 81.3 Å². The zero-order valence-electron chi connectivity index (χ0n) is 11.8. The van der Waals surface area contributed by atoms with Gasteiger partial charge < -0.3 is 4.90 Å². The van der Waals surface area contributed by atoms with E-state index in [1.165, 1.54) is 65.2 Å². The maximum absolute atomic E-state index is 2.73. The van der Waals surface area contributed by atoms with Crippen molar-refractivity contribution in [1.82, 2.24) is 17.8 Å². The van der Waals surface area contributed by atoms with Gasteiger partial charge in [-0.1, -0.05) is 0 Å². The summed E-state index contributed by atoms with van der Waals surface area (Å²) in [5, 5.41) is 0. The van der Waals surface area contributed by atoms with Crippen LogP contribution in [0.2, 0.25) is 0 Å². The molecule has 0 saturated carbocycles. The molecule has 4 nitrogen and oxygen atoms in total. The first kappa shape index (κ1) is 15.0. The van der Waals surface area contributed by atoms with Gasteiger partial charge >= 0.3 is 0 Å². The molecule has 2 aliphatic rings. The summed E-state index contributed by atoms with van der Waals surface area (Å²) in [5.74, 6) is 0. The van der Waals surface area contributed by atoms with Crippen LogP contribution in [0.25, 0.3) is 0 Å². The van der Waals surface area contributed by atoms with E-state index >= 15 is 0 Å². The first-order chi connectivity index (χ1) is 8.65. The number of likely N-dealkylation sites (N-methyl/N-ethyl adjacent to an activating group) is 1. The molecule has 106 valence electrons. The molecule has 2 saturated heterocycles. The largest absolute Gasteiger partial charge is 0.308 e. The predicted octanol–water partition coefficient (Wildman–Crippen LogP) is 0.980. The summed E-state index contributed by atoms with van der Waals surface area (Å²) < 4.78 is 2.43. The van der Waals surface area contributed by atoms with Crippen molar-refractivity contribution in [1.29, 1.82) is 0 Å². The Balaban J connectivity index is 1.67. The molecule has 2 fully saturated rings. The molecule has 0 amide bonds. The van der Waals surface area contributed by atoms with Crippen LogP contribution in [0.1, 0.15) is 12.8 Å². The third kappa shape index (κ3) is 4.59. The molecule has 0 aliphatic carbocycles. The monoisotopic (exact) mass is 366 g/mol. The van der Waals surface area contributed by atoms with Gasteiger partial charge in [-0.25, -0.2) is 3.11 Å². The minimum Gasteiger partial charge on any atom is -0.308 e. The topological polar surface area (TPSA) is 13.0 Å². The van der Waals surface area contributed by atoms with Crippen LogP contribution in [0.15, 0.2) is 0 Å². The number of hydrogen-bond donors (Lipinski definition) is 0. The van der Waals surface area contributed by atoms with E-state index in [0.29, 0.717) is 0 Å². The molecule has 0 unspecified atom stereocenters. The van der Waals surface area contributed by atoms with Gasteiger partial charge in [-0.2, -0.15) is 0 Å². The fourth-order valence-electron chi connectivity index (χ4n) is 2.89. The second-order valence-electron chi connectivity index (χ2n) is 5.82. The smallest absolute Gasteiger partial charge is 0.0201 e. The minimum absolute atomic E-state index is 0.854. The summed E-state index contributed by atoms with van der Waals surface area (Å²) >= 11 is 2.46. The Bertz CT molecular complexity index is 233. The van der Waals surface area contributed by atoms with Gasteiger partial charge in [0.1, 0.15) is 0 Å². The number of halogens is 1. The lowest BCUT2D eigenvalue weighted by Gasteiger charge is -2.42. The van der Waals surface area contributed by atoms with Crippen LogP contribution in [0.5, 0.6) is 0 Å². The van der Waals surface area contributed by atoms with Crippen molar-refractivity contribution in [3.05, 3.63) is 0 Å². The molecule has 0 radical (unpaired) electrons. The van der Waals surface area contributed by atoms with E-state index in [1.807, 2.05) is 0 Å². The zero-order chi connectivity index (χ0) is 13.0. The zero-order valence-corrected chi connectivity index (χ0v) is 14.0. The Morgan fingerprint density at radius 3 is 2.17 bits per heavy atom. The van der Waals surface area contributed by atoms with Crippen molar-refractivity contribution in [2.75, 3.05) is 66.5 Å². The van der Waals surface area contributed by atoms with Crippen LogP contribution in [0.4, 0.5) is 0 Å². The molecule has 0 atom stereocenters. The highest BCUT2D eigenvalue weighted by Gasteiger charge is 2.26. The summed E-state index contributed by atoms with van der Waals surface area (Å²) in [4.78, 5) is 7.63. The molecule has 0 spiro atoms. The van der Waals surface area contributed by atoms with Crippen LogP contribution < -0.4 is 0 Å². The Kier molecular flexibility index (Phi) is 6.14. The van der Waals surface area contributed by atoms with Crippen LogP contribution in [-0.4, -0.2) is 90.3 Å². The number of nitrogens with zero attached hydrogens (tertiary/aromatic N) is 4. The highest BCUT2D eigenvalue weighted by atomic mass is 127. The van der Waals surface area contributed by atoms with E-state index in [9.17, 15) is 0 Å². The van der Waals surface area contributed by atoms with E-state index in [2.05, 4.69) is 54.8 Å². The quantitative estimate of drug-likeness (QED) is 0.543. The fraction of sp³-hybridized carbons (Fsp3) is 1.00. The average molecular weight is 366 g/mol. The number of piperazine rings is 1. The lowest BCUT2D eigenvalue weighted by molar-refractivity contribution is 0.0727. The Morgan fingerprint density at radius 1 is 1.00 bits per heavy atom. The molecule has 0 aromatic heterocycles. The van der Waals surface area contributed by atoms with Crippen LogP contribution in [0.3, 0.4) is 0 Å². The average Bonchev–Trinajstić information content (AvgIpc) is 2.38. The van der Waals surface area contributed by atoms with Crippen LogP contribution in [-0.2, 0) is 0 Å². The molecule has 0 aromatic rings. The van der Waals surface area contributed by atoms with Crippen LogP contribution >= 0.6 is 22.9 Å². The summed E-state index contributed by atoms with van der Waals surface area (Å²) in [6, 6.07) is 0.854. The maximum Gasteiger partial charge on any atom is 0.0201 e. The van der Waals surface area contributed by atoms with E-state index in [0.717, 1.165) is 6.04 Å². The fourth-order valence-corrected chi connectivity index (χ4v) is 3.45. The summed E-state index contributed by atoms with van der Waals surface area (Å²) in [6.07, 6.45) is 2.72.